The van der Waals surface area contributed by atoms with E-state index in [0.717, 1.165) is 26.7 Å². The van der Waals surface area contributed by atoms with Crippen LogP contribution in [0.25, 0.3) is 0 Å². The number of alkyl halides is 2. The van der Waals surface area contributed by atoms with Gasteiger partial charge in [0.2, 0.25) is 0 Å². The van der Waals surface area contributed by atoms with Crippen molar-refractivity contribution in [3.8, 4) is 0 Å². The van der Waals surface area contributed by atoms with Crippen molar-refractivity contribution >= 4 is 17.7 Å². The molecule has 4 fully saturated rings. The molecule has 0 aromatic carbocycles. The summed E-state index contributed by atoms with van der Waals surface area (Å²) in [4.78, 5) is 35.5. The van der Waals surface area contributed by atoms with Crippen LogP contribution in [0.5, 0.6) is 0 Å². The highest BCUT2D eigenvalue weighted by Crippen LogP contribution is 2.59. The summed E-state index contributed by atoms with van der Waals surface area (Å²) in [5.41, 5.74) is -3.35. The Kier molecular flexibility index (Phi) is 3.36. The maximum atomic E-state index is 13.8. The van der Waals surface area contributed by atoms with Gasteiger partial charge in [0.05, 0.1) is 5.41 Å². The average Bonchev–Trinajstić information content (AvgIpc) is 2.42. The van der Waals surface area contributed by atoms with Gasteiger partial charge in [0.1, 0.15) is 5.78 Å². The number of hydrogen-bond donors (Lipinski definition) is 1. The van der Waals surface area contributed by atoms with Crippen molar-refractivity contribution in [3.63, 3.8) is 0 Å². The van der Waals surface area contributed by atoms with Crippen LogP contribution < -0.4 is 0 Å². The highest BCUT2D eigenvalue weighted by Gasteiger charge is 2.62. The van der Waals surface area contributed by atoms with E-state index in [-0.39, 0.29) is 23.5 Å². The normalized spacial score (nSPS) is 36.2. The van der Waals surface area contributed by atoms with E-state index < -0.39 is 28.9 Å². The van der Waals surface area contributed by atoms with Gasteiger partial charge in [-0.15, -0.1) is 0 Å². The van der Waals surface area contributed by atoms with Crippen LogP contribution in [-0.4, -0.2) is 34.4 Å². The smallest absolute Gasteiger partial charge is 0.380 e. The van der Waals surface area contributed by atoms with E-state index in [1.54, 1.807) is 0 Å². The molecule has 0 aromatic rings. The first kappa shape index (κ1) is 16.3. The van der Waals surface area contributed by atoms with Crippen LogP contribution in [0.1, 0.15) is 46.0 Å². The number of halogens is 2. The molecule has 4 aliphatic carbocycles. The zero-order chi connectivity index (χ0) is 17.2. The van der Waals surface area contributed by atoms with Gasteiger partial charge >= 0.3 is 17.9 Å². The standard InChI is InChI=1S/C16H20F2O5/c1-14(2,16(17,18)12(20)21)23-13(22)15-5-8-3-9(6-15)11(19)10(4-8)7-15/h8-10H,3-7H2,1-2H3,(H,20,21). The van der Waals surface area contributed by atoms with Gasteiger partial charge < -0.3 is 9.84 Å². The van der Waals surface area contributed by atoms with Crippen LogP contribution in [0.15, 0.2) is 0 Å². The number of carboxylic acid groups (broad SMARTS) is 1. The van der Waals surface area contributed by atoms with Gasteiger partial charge in [0.25, 0.3) is 0 Å². The second kappa shape index (κ2) is 4.74. The van der Waals surface area contributed by atoms with Gasteiger partial charge in [-0.25, -0.2) is 4.79 Å². The molecule has 0 aliphatic heterocycles. The van der Waals surface area contributed by atoms with Gasteiger partial charge in [-0.05, 0) is 51.9 Å². The van der Waals surface area contributed by atoms with E-state index in [9.17, 15) is 23.2 Å². The third-order valence-corrected chi connectivity index (χ3v) is 5.80. The van der Waals surface area contributed by atoms with Crippen LogP contribution in [0, 0.1) is 23.2 Å². The van der Waals surface area contributed by atoms with Crippen LogP contribution in [-0.2, 0) is 19.1 Å². The molecule has 0 amide bonds. The Balaban J connectivity index is 1.82. The number of hydrogen-bond acceptors (Lipinski definition) is 4. The first-order valence-corrected chi connectivity index (χ1v) is 7.87. The second-order valence-corrected chi connectivity index (χ2v) is 7.81. The third-order valence-electron chi connectivity index (χ3n) is 5.80. The molecule has 5 nitrogen and oxygen atoms in total. The number of carbonyl (C=O) groups excluding carboxylic acids is 2. The molecule has 23 heavy (non-hydrogen) atoms. The summed E-state index contributed by atoms with van der Waals surface area (Å²) in [6, 6.07) is 0. The largest absolute Gasteiger partial charge is 0.477 e. The summed E-state index contributed by atoms with van der Waals surface area (Å²) in [5.74, 6) is -7.22. The van der Waals surface area contributed by atoms with Crippen molar-refractivity contribution in [3.05, 3.63) is 0 Å². The lowest BCUT2D eigenvalue weighted by molar-refractivity contribution is -0.224. The Morgan fingerprint density at radius 2 is 1.70 bits per heavy atom. The SMILES string of the molecule is CC(C)(OC(=O)C12CC3CC(C1)C(=O)C(C3)C2)C(F)(F)C(=O)O. The summed E-state index contributed by atoms with van der Waals surface area (Å²) in [6.07, 6.45) is 2.75. The molecule has 128 valence electrons. The Labute approximate surface area is 132 Å². The number of ketones is 1. The zero-order valence-electron chi connectivity index (χ0n) is 13.1. The third kappa shape index (κ3) is 2.27. The van der Waals surface area contributed by atoms with Crippen LogP contribution >= 0.6 is 0 Å². The molecule has 2 unspecified atom stereocenters. The van der Waals surface area contributed by atoms with E-state index in [4.69, 9.17) is 9.84 Å². The Morgan fingerprint density at radius 3 is 2.17 bits per heavy atom. The average molecular weight is 330 g/mol. The number of ether oxygens (including phenoxy) is 1. The molecule has 4 rings (SSSR count). The molecule has 4 bridgehead atoms. The van der Waals surface area contributed by atoms with Crippen molar-refractivity contribution in [2.75, 3.05) is 0 Å². The predicted molar refractivity (Wildman–Crippen MR) is 73.7 cm³/mol. The van der Waals surface area contributed by atoms with Gasteiger partial charge in [-0.1, -0.05) is 0 Å². The van der Waals surface area contributed by atoms with Crippen LogP contribution in [0.4, 0.5) is 8.78 Å². The fourth-order valence-electron chi connectivity index (χ4n) is 4.66. The number of aliphatic carboxylic acids is 1. The van der Waals surface area contributed by atoms with Crippen LogP contribution in [0.3, 0.4) is 0 Å². The maximum absolute atomic E-state index is 13.8. The maximum Gasteiger partial charge on any atom is 0.380 e. The fourth-order valence-corrected chi connectivity index (χ4v) is 4.66. The molecule has 0 heterocycles. The molecule has 0 radical (unpaired) electrons. The predicted octanol–water partition coefficient (Wildman–Crippen LogP) is 2.42. The molecular formula is C16H20F2O5. The van der Waals surface area contributed by atoms with Gasteiger partial charge in [0.15, 0.2) is 5.60 Å². The summed E-state index contributed by atoms with van der Waals surface area (Å²) >= 11 is 0. The van der Waals surface area contributed by atoms with Gasteiger partial charge in [0, 0.05) is 11.8 Å². The van der Waals surface area contributed by atoms with E-state index in [2.05, 4.69) is 0 Å². The van der Waals surface area contributed by atoms with Crippen molar-refractivity contribution in [2.45, 2.75) is 57.5 Å². The van der Waals surface area contributed by atoms with Crippen molar-refractivity contribution in [1.29, 1.82) is 0 Å². The van der Waals surface area contributed by atoms with Crippen molar-refractivity contribution in [1.82, 2.24) is 0 Å². The molecule has 4 saturated carbocycles. The molecule has 0 saturated heterocycles. The Morgan fingerprint density at radius 1 is 1.17 bits per heavy atom. The van der Waals surface area contributed by atoms with E-state index in [0.29, 0.717) is 19.3 Å². The first-order chi connectivity index (χ1) is 10.5. The Bertz CT molecular complexity index is 565. The Hall–Kier alpha value is -1.53. The summed E-state index contributed by atoms with van der Waals surface area (Å²) in [6.45, 7) is 1.81. The van der Waals surface area contributed by atoms with E-state index in [1.807, 2.05) is 0 Å². The van der Waals surface area contributed by atoms with Gasteiger partial charge in [-0.2, -0.15) is 8.78 Å². The lowest BCUT2D eigenvalue weighted by Crippen LogP contribution is -2.58. The number of Topliss-reactive ketones (excluding diaryl/α,β-unsaturated/α-hetero) is 1. The molecule has 2 atom stereocenters. The monoisotopic (exact) mass is 330 g/mol. The molecule has 4 aliphatic rings. The second-order valence-electron chi connectivity index (χ2n) is 7.81. The van der Waals surface area contributed by atoms with Crippen molar-refractivity contribution in [2.24, 2.45) is 23.2 Å². The minimum absolute atomic E-state index is 0.180. The quantitative estimate of drug-likeness (QED) is 0.801. The molecule has 0 aromatic heterocycles. The number of esters is 1. The lowest BCUT2D eigenvalue weighted by Gasteiger charge is -2.54. The summed E-state index contributed by atoms with van der Waals surface area (Å²) in [5, 5.41) is 8.67. The summed E-state index contributed by atoms with van der Waals surface area (Å²) in [7, 11) is 0. The molecule has 1 N–H and O–H groups in total. The molecule has 7 heteroatoms. The van der Waals surface area contributed by atoms with Crippen molar-refractivity contribution < 1.29 is 33.0 Å². The topological polar surface area (TPSA) is 80.7 Å². The van der Waals surface area contributed by atoms with Gasteiger partial charge in [-0.3, -0.25) is 9.59 Å². The first-order valence-electron chi connectivity index (χ1n) is 7.87. The number of carboxylic acids is 1. The lowest BCUT2D eigenvalue weighted by atomic mass is 9.49. The molecular weight excluding hydrogens is 310 g/mol. The zero-order valence-corrected chi connectivity index (χ0v) is 13.1. The van der Waals surface area contributed by atoms with E-state index in [1.165, 1.54) is 0 Å². The minimum Gasteiger partial charge on any atom is -0.477 e. The number of rotatable bonds is 4. The van der Waals surface area contributed by atoms with E-state index >= 15 is 0 Å². The fraction of sp³-hybridized carbons (Fsp3) is 0.812. The number of carbonyl (C=O) groups is 3. The van der Waals surface area contributed by atoms with Crippen LogP contribution in [0.2, 0.25) is 0 Å². The molecule has 0 spiro atoms. The highest BCUT2D eigenvalue weighted by atomic mass is 19.3. The summed E-state index contributed by atoms with van der Waals surface area (Å²) < 4.78 is 32.6. The highest BCUT2D eigenvalue weighted by molar-refractivity contribution is 5.90. The minimum atomic E-state index is -4.18.